The van der Waals surface area contributed by atoms with Crippen molar-refractivity contribution < 1.29 is 4.79 Å². The Kier molecular flexibility index (Phi) is 2.78. The van der Waals surface area contributed by atoms with Gasteiger partial charge in [-0.3, -0.25) is 4.79 Å². The number of fused-ring (bicyclic) bond motifs is 2. The highest BCUT2D eigenvalue weighted by atomic mass is 16.1. The van der Waals surface area contributed by atoms with E-state index in [9.17, 15) is 4.79 Å². The van der Waals surface area contributed by atoms with Crippen LogP contribution in [0.3, 0.4) is 0 Å². The summed E-state index contributed by atoms with van der Waals surface area (Å²) in [6.07, 6.45) is 2.75. The van der Waals surface area contributed by atoms with Crippen LogP contribution in [0.5, 0.6) is 0 Å². The van der Waals surface area contributed by atoms with Crippen LogP contribution in [0, 0.1) is 0 Å². The molecular formula is C18H15N2O. The first-order valence-corrected chi connectivity index (χ1v) is 7.19. The monoisotopic (exact) mass is 275 g/mol. The molecular weight excluding hydrogens is 260 g/mol. The molecule has 4 rings (SSSR count). The lowest BCUT2D eigenvalue weighted by atomic mass is 9.96. The smallest absolute Gasteiger partial charge is 0.277 e. The summed E-state index contributed by atoms with van der Waals surface area (Å²) in [5.74, 6) is -0.147. The van der Waals surface area contributed by atoms with Gasteiger partial charge in [-0.15, -0.1) is 0 Å². The number of carbonyl (C=O) groups is 1. The largest absolute Gasteiger partial charge is 0.365 e. The summed E-state index contributed by atoms with van der Waals surface area (Å²) in [6, 6.07) is 16.3. The average Bonchev–Trinajstić information content (AvgIpc) is 2.55. The van der Waals surface area contributed by atoms with Gasteiger partial charge in [-0.2, -0.15) is 0 Å². The van der Waals surface area contributed by atoms with Crippen molar-refractivity contribution in [1.29, 1.82) is 0 Å². The molecule has 2 heterocycles. The van der Waals surface area contributed by atoms with Gasteiger partial charge in [0, 0.05) is 18.7 Å². The third-order valence-corrected chi connectivity index (χ3v) is 4.21. The van der Waals surface area contributed by atoms with Crippen LogP contribution < -0.4 is 5.32 Å². The second-order valence-electron chi connectivity index (χ2n) is 5.43. The molecule has 0 atom stereocenters. The molecule has 1 radical (unpaired) electrons. The first kappa shape index (κ1) is 12.2. The number of nitrogens with zero attached hydrogens (tertiary/aromatic N) is 2. The van der Waals surface area contributed by atoms with E-state index in [-0.39, 0.29) is 5.91 Å². The molecule has 103 valence electrons. The Morgan fingerprint density at radius 2 is 1.62 bits per heavy atom. The van der Waals surface area contributed by atoms with E-state index in [4.69, 9.17) is 0 Å². The van der Waals surface area contributed by atoms with E-state index in [2.05, 4.69) is 34.5 Å². The number of hydrogen-bond acceptors (Lipinski definition) is 2. The van der Waals surface area contributed by atoms with E-state index in [0.717, 1.165) is 30.8 Å². The Bertz CT molecular complexity index is 748. The summed E-state index contributed by atoms with van der Waals surface area (Å²) in [5.41, 5.74) is 5.54. The third-order valence-electron chi connectivity index (χ3n) is 4.21. The summed E-state index contributed by atoms with van der Waals surface area (Å²) in [7, 11) is 0. The maximum Gasteiger partial charge on any atom is 0.277 e. The van der Waals surface area contributed by atoms with Gasteiger partial charge in [0.05, 0.1) is 17.5 Å². The van der Waals surface area contributed by atoms with Crippen LogP contribution in [-0.4, -0.2) is 17.4 Å². The van der Waals surface area contributed by atoms with Gasteiger partial charge in [0.15, 0.2) is 0 Å². The van der Waals surface area contributed by atoms with Gasteiger partial charge < -0.3 is 4.90 Å². The minimum atomic E-state index is -0.147. The van der Waals surface area contributed by atoms with Gasteiger partial charge >= 0.3 is 0 Å². The molecule has 2 aliphatic rings. The minimum Gasteiger partial charge on any atom is -0.365 e. The minimum absolute atomic E-state index is 0.147. The molecule has 3 heteroatoms. The maximum absolute atomic E-state index is 11.9. The van der Waals surface area contributed by atoms with Crippen LogP contribution in [-0.2, 0) is 13.0 Å². The predicted octanol–water partition coefficient (Wildman–Crippen LogP) is 2.80. The fraction of sp³-hybridized carbons (Fsp3) is 0.167. The maximum atomic E-state index is 11.9. The van der Waals surface area contributed by atoms with E-state index in [1.807, 2.05) is 24.3 Å². The number of hydrogen-bond donors (Lipinski definition) is 0. The second-order valence-corrected chi connectivity index (χ2v) is 5.43. The Balaban J connectivity index is 1.71. The molecule has 1 amide bonds. The van der Waals surface area contributed by atoms with Crippen LogP contribution in [0.2, 0.25) is 0 Å². The molecule has 0 N–H and O–H groups in total. The van der Waals surface area contributed by atoms with E-state index < -0.39 is 0 Å². The lowest BCUT2D eigenvalue weighted by molar-refractivity contribution is 0.0963. The molecule has 0 saturated carbocycles. The van der Waals surface area contributed by atoms with Crippen LogP contribution in [0.4, 0.5) is 0 Å². The third kappa shape index (κ3) is 2.02. The van der Waals surface area contributed by atoms with Crippen LogP contribution in [0.1, 0.15) is 27.0 Å². The lowest BCUT2D eigenvalue weighted by Crippen LogP contribution is -2.32. The van der Waals surface area contributed by atoms with Crippen molar-refractivity contribution in [2.24, 2.45) is 0 Å². The van der Waals surface area contributed by atoms with Crippen molar-refractivity contribution in [3.63, 3.8) is 0 Å². The van der Waals surface area contributed by atoms with Gasteiger partial charge in [-0.05, 0) is 23.6 Å². The standard InChI is InChI=1S/C18H15N2O/c21-18-16-8-4-3-7-15(16)17(11-19-18)20-10-9-13-5-1-2-6-14(13)12-20/h1-8,11H,9-10,12H2. The molecule has 0 unspecified atom stereocenters. The zero-order chi connectivity index (χ0) is 14.2. The molecule has 0 saturated heterocycles. The zero-order valence-corrected chi connectivity index (χ0v) is 11.6. The summed E-state index contributed by atoms with van der Waals surface area (Å²) in [5, 5.41) is 4.04. The molecule has 21 heavy (non-hydrogen) atoms. The molecule has 3 nitrogen and oxygen atoms in total. The van der Waals surface area contributed by atoms with E-state index in [0.29, 0.717) is 5.56 Å². The number of benzene rings is 2. The SMILES string of the molecule is O=C1[N]C=C(N2CCc3ccccc3C2)c2ccccc21. The molecule has 2 aromatic carbocycles. The summed E-state index contributed by atoms with van der Waals surface area (Å²) >= 11 is 0. The molecule has 2 aromatic rings. The fourth-order valence-electron chi connectivity index (χ4n) is 3.11. The fourth-order valence-corrected chi connectivity index (χ4v) is 3.11. The highest BCUT2D eigenvalue weighted by molar-refractivity contribution is 6.02. The zero-order valence-electron chi connectivity index (χ0n) is 11.6. The van der Waals surface area contributed by atoms with Gasteiger partial charge in [0.2, 0.25) is 0 Å². The molecule has 0 bridgehead atoms. The Morgan fingerprint density at radius 1 is 0.905 bits per heavy atom. The molecule has 0 aliphatic carbocycles. The summed E-state index contributed by atoms with van der Waals surface area (Å²) in [4.78, 5) is 14.2. The predicted molar refractivity (Wildman–Crippen MR) is 81.4 cm³/mol. The van der Waals surface area contributed by atoms with Gasteiger partial charge in [-0.1, -0.05) is 42.5 Å². The normalized spacial score (nSPS) is 16.7. The topological polar surface area (TPSA) is 34.4 Å². The molecule has 2 aliphatic heterocycles. The van der Waals surface area contributed by atoms with Crippen molar-refractivity contribution in [3.8, 4) is 0 Å². The Hall–Kier alpha value is -2.55. The highest BCUT2D eigenvalue weighted by Gasteiger charge is 2.25. The van der Waals surface area contributed by atoms with E-state index >= 15 is 0 Å². The van der Waals surface area contributed by atoms with Gasteiger partial charge in [0.1, 0.15) is 0 Å². The van der Waals surface area contributed by atoms with Gasteiger partial charge in [-0.25, -0.2) is 5.32 Å². The van der Waals surface area contributed by atoms with Crippen LogP contribution in [0.25, 0.3) is 5.70 Å². The number of rotatable bonds is 1. The van der Waals surface area contributed by atoms with Crippen LogP contribution in [0.15, 0.2) is 54.7 Å². The highest BCUT2D eigenvalue weighted by Crippen LogP contribution is 2.30. The molecule has 0 fully saturated rings. The Labute approximate surface area is 123 Å². The van der Waals surface area contributed by atoms with E-state index in [1.165, 1.54) is 11.1 Å². The lowest BCUT2D eigenvalue weighted by Gasteiger charge is -2.34. The van der Waals surface area contributed by atoms with Crippen molar-refractivity contribution in [1.82, 2.24) is 10.2 Å². The molecule has 0 spiro atoms. The van der Waals surface area contributed by atoms with Gasteiger partial charge in [0.25, 0.3) is 5.91 Å². The van der Waals surface area contributed by atoms with Crippen molar-refractivity contribution in [3.05, 3.63) is 77.0 Å². The quantitative estimate of drug-likeness (QED) is 0.802. The first-order chi connectivity index (χ1) is 10.3. The number of carbonyl (C=O) groups excluding carboxylic acids is 1. The first-order valence-electron chi connectivity index (χ1n) is 7.19. The van der Waals surface area contributed by atoms with Crippen LogP contribution >= 0.6 is 0 Å². The Morgan fingerprint density at radius 3 is 2.48 bits per heavy atom. The van der Waals surface area contributed by atoms with E-state index in [1.54, 1.807) is 6.20 Å². The summed E-state index contributed by atoms with van der Waals surface area (Å²) < 4.78 is 0. The molecule has 0 aromatic heterocycles. The number of amides is 1. The summed E-state index contributed by atoms with van der Waals surface area (Å²) in [6.45, 7) is 1.83. The van der Waals surface area contributed by atoms with Crippen molar-refractivity contribution in [2.45, 2.75) is 13.0 Å². The average molecular weight is 275 g/mol. The van der Waals surface area contributed by atoms with Crippen molar-refractivity contribution >= 4 is 11.6 Å². The van der Waals surface area contributed by atoms with Crippen molar-refractivity contribution in [2.75, 3.05) is 6.54 Å². The second kappa shape index (κ2) is 4.77.